The fourth-order valence-electron chi connectivity index (χ4n) is 1.94. The van der Waals surface area contributed by atoms with E-state index in [0.29, 0.717) is 6.42 Å². The van der Waals surface area contributed by atoms with Gasteiger partial charge in [-0.25, -0.2) is 4.39 Å². The van der Waals surface area contributed by atoms with E-state index in [-0.39, 0.29) is 17.7 Å². The van der Waals surface area contributed by atoms with Crippen LogP contribution in [-0.2, 0) is 10.2 Å². The van der Waals surface area contributed by atoms with Crippen molar-refractivity contribution < 1.29 is 14.3 Å². The number of carboxylic acids is 1. The molecule has 1 rings (SSSR count). The first-order chi connectivity index (χ1) is 8.92. The van der Waals surface area contributed by atoms with E-state index < -0.39 is 5.97 Å². The fourth-order valence-corrected chi connectivity index (χ4v) is 1.94. The summed E-state index contributed by atoms with van der Waals surface area (Å²) >= 11 is 0. The lowest BCUT2D eigenvalue weighted by molar-refractivity contribution is -0.137. The maximum Gasteiger partial charge on any atom is 0.303 e. The van der Waals surface area contributed by atoms with E-state index in [4.69, 9.17) is 5.11 Å². The summed E-state index contributed by atoms with van der Waals surface area (Å²) in [5.41, 5.74) is 0.820. The second-order valence-corrected chi connectivity index (χ2v) is 5.42. The molecule has 0 amide bonds. The van der Waals surface area contributed by atoms with Gasteiger partial charge in [-0.05, 0) is 37.1 Å². The van der Waals surface area contributed by atoms with Gasteiger partial charge in [0.1, 0.15) is 5.82 Å². The number of nitrogens with one attached hydrogen (secondary N) is 1. The van der Waals surface area contributed by atoms with Crippen LogP contribution in [0, 0.1) is 5.82 Å². The van der Waals surface area contributed by atoms with Crippen LogP contribution in [0.25, 0.3) is 0 Å². The minimum absolute atomic E-state index is 0.144. The maximum absolute atomic E-state index is 13.2. The van der Waals surface area contributed by atoms with Crippen molar-refractivity contribution in [1.29, 1.82) is 0 Å². The van der Waals surface area contributed by atoms with E-state index >= 15 is 0 Å². The van der Waals surface area contributed by atoms with Gasteiger partial charge in [0, 0.05) is 18.4 Å². The van der Waals surface area contributed by atoms with Gasteiger partial charge in [-0.1, -0.05) is 26.0 Å². The lowest BCUT2D eigenvalue weighted by atomic mass is 9.84. The van der Waals surface area contributed by atoms with Gasteiger partial charge >= 0.3 is 5.97 Å². The number of aliphatic carboxylic acids is 1. The Morgan fingerprint density at radius 3 is 2.74 bits per heavy atom. The molecule has 0 heterocycles. The number of carbonyl (C=O) groups is 1. The van der Waals surface area contributed by atoms with E-state index in [2.05, 4.69) is 19.2 Å². The average molecular weight is 267 g/mol. The Morgan fingerprint density at radius 2 is 2.11 bits per heavy atom. The van der Waals surface area contributed by atoms with Gasteiger partial charge in [-0.15, -0.1) is 0 Å². The fraction of sp³-hybridized carbons (Fsp3) is 0.533. The molecule has 0 radical (unpaired) electrons. The molecule has 0 bridgehead atoms. The molecule has 1 aromatic carbocycles. The van der Waals surface area contributed by atoms with Crippen molar-refractivity contribution >= 4 is 5.97 Å². The van der Waals surface area contributed by atoms with Crippen LogP contribution in [-0.4, -0.2) is 24.2 Å². The highest BCUT2D eigenvalue weighted by Crippen LogP contribution is 2.22. The second kappa shape index (κ2) is 7.24. The third-order valence-corrected chi connectivity index (χ3v) is 3.17. The molecule has 0 aromatic heterocycles. The largest absolute Gasteiger partial charge is 0.481 e. The Bertz CT molecular complexity index is 418. The van der Waals surface area contributed by atoms with Crippen LogP contribution in [0.5, 0.6) is 0 Å². The summed E-state index contributed by atoms with van der Waals surface area (Å²) in [6.07, 6.45) is 1.74. The summed E-state index contributed by atoms with van der Waals surface area (Å²) in [4.78, 5) is 10.4. The predicted octanol–water partition coefficient (Wildman–Crippen LogP) is 2.95. The van der Waals surface area contributed by atoms with E-state index in [1.54, 1.807) is 12.1 Å². The minimum Gasteiger partial charge on any atom is -0.481 e. The van der Waals surface area contributed by atoms with Crippen molar-refractivity contribution in [3.63, 3.8) is 0 Å². The van der Waals surface area contributed by atoms with Gasteiger partial charge in [-0.3, -0.25) is 4.79 Å². The van der Waals surface area contributed by atoms with Gasteiger partial charge in [0.2, 0.25) is 0 Å². The molecule has 0 saturated heterocycles. The Balaban J connectivity index is 2.33. The second-order valence-electron chi connectivity index (χ2n) is 5.42. The van der Waals surface area contributed by atoms with E-state index in [1.807, 2.05) is 6.07 Å². The Kier molecular flexibility index (Phi) is 5.96. The number of hydrogen-bond acceptors (Lipinski definition) is 2. The molecule has 0 aliphatic heterocycles. The standard InChI is InChI=1S/C15H22FNO2/c1-15(2,12-6-5-7-13(16)10-12)11-17-9-4-3-8-14(18)19/h5-7,10,17H,3-4,8-9,11H2,1-2H3,(H,18,19). The molecule has 0 unspecified atom stereocenters. The zero-order chi connectivity index (χ0) is 14.3. The summed E-state index contributed by atoms with van der Waals surface area (Å²) < 4.78 is 13.2. The number of benzene rings is 1. The van der Waals surface area contributed by atoms with Crippen LogP contribution >= 0.6 is 0 Å². The SMILES string of the molecule is CC(C)(CNCCCCC(=O)O)c1cccc(F)c1. The average Bonchev–Trinajstić information content (AvgIpc) is 2.33. The molecule has 19 heavy (non-hydrogen) atoms. The zero-order valence-corrected chi connectivity index (χ0v) is 11.6. The van der Waals surface area contributed by atoms with Crippen LogP contribution < -0.4 is 5.32 Å². The molecule has 3 nitrogen and oxygen atoms in total. The third-order valence-electron chi connectivity index (χ3n) is 3.17. The number of carboxylic acid groups (broad SMARTS) is 1. The van der Waals surface area contributed by atoms with Crippen molar-refractivity contribution in [3.8, 4) is 0 Å². The van der Waals surface area contributed by atoms with E-state index in [9.17, 15) is 9.18 Å². The van der Waals surface area contributed by atoms with Crippen molar-refractivity contribution in [2.24, 2.45) is 0 Å². The first-order valence-corrected chi connectivity index (χ1v) is 6.60. The summed E-state index contributed by atoms with van der Waals surface area (Å²) in [6, 6.07) is 6.65. The van der Waals surface area contributed by atoms with E-state index in [1.165, 1.54) is 6.07 Å². The maximum atomic E-state index is 13.2. The van der Waals surface area contributed by atoms with Gasteiger partial charge in [-0.2, -0.15) is 0 Å². The summed E-state index contributed by atoms with van der Waals surface area (Å²) in [6.45, 7) is 5.65. The Hall–Kier alpha value is -1.42. The normalized spacial score (nSPS) is 11.5. The first-order valence-electron chi connectivity index (χ1n) is 6.60. The minimum atomic E-state index is -0.750. The molecule has 4 heteroatoms. The molecule has 0 saturated carbocycles. The van der Waals surface area contributed by atoms with Crippen LogP contribution in [0.2, 0.25) is 0 Å². The van der Waals surface area contributed by atoms with Crippen LogP contribution in [0.4, 0.5) is 4.39 Å². The first kappa shape index (κ1) is 15.6. The highest BCUT2D eigenvalue weighted by Gasteiger charge is 2.20. The molecule has 0 fully saturated rings. The number of rotatable bonds is 8. The van der Waals surface area contributed by atoms with Crippen molar-refractivity contribution in [2.45, 2.75) is 38.5 Å². The van der Waals surface area contributed by atoms with Crippen LogP contribution in [0.15, 0.2) is 24.3 Å². The lowest BCUT2D eigenvalue weighted by Gasteiger charge is -2.25. The Labute approximate surface area is 113 Å². The summed E-state index contributed by atoms with van der Waals surface area (Å²) in [7, 11) is 0. The van der Waals surface area contributed by atoms with Gasteiger partial charge in [0.05, 0.1) is 0 Å². The van der Waals surface area contributed by atoms with Crippen molar-refractivity contribution in [2.75, 3.05) is 13.1 Å². The highest BCUT2D eigenvalue weighted by atomic mass is 19.1. The number of halogens is 1. The summed E-state index contributed by atoms with van der Waals surface area (Å²) in [5.74, 6) is -0.966. The third kappa shape index (κ3) is 5.83. The quantitative estimate of drug-likeness (QED) is 0.712. The van der Waals surface area contributed by atoms with Gasteiger partial charge in [0.25, 0.3) is 0 Å². The van der Waals surface area contributed by atoms with Crippen molar-refractivity contribution in [1.82, 2.24) is 5.32 Å². The topological polar surface area (TPSA) is 49.3 Å². The van der Waals surface area contributed by atoms with Crippen molar-refractivity contribution in [3.05, 3.63) is 35.6 Å². The number of unbranched alkanes of at least 4 members (excludes halogenated alkanes) is 1. The number of hydrogen-bond donors (Lipinski definition) is 2. The van der Waals surface area contributed by atoms with E-state index in [0.717, 1.165) is 25.1 Å². The predicted molar refractivity (Wildman–Crippen MR) is 73.8 cm³/mol. The zero-order valence-electron chi connectivity index (χ0n) is 11.6. The molecule has 0 aliphatic rings. The molecule has 106 valence electrons. The smallest absolute Gasteiger partial charge is 0.303 e. The molecular weight excluding hydrogens is 245 g/mol. The van der Waals surface area contributed by atoms with Gasteiger partial charge < -0.3 is 10.4 Å². The Morgan fingerprint density at radius 1 is 1.37 bits per heavy atom. The van der Waals surface area contributed by atoms with Gasteiger partial charge in [0.15, 0.2) is 0 Å². The van der Waals surface area contributed by atoms with Crippen LogP contribution in [0.3, 0.4) is 0 Å². The molecule has 1 aromatic rings. The molecule has 0 atom stereocenters. The molecule has 0 aliphatic carbocycles. The summed E-state index contributed by atoms with van der Waals surface area (Å²) in [5, 5.41) is 11.8. The molecular formula is C15H22FNO2. The monoisotopic (exact) mass is 267 g/mol. The molecule has 2 N–H and O–H groups in total. The highest BCUT2D eigenvalue weighted by molar-refractivity contribution is 5.66. The van der Waals surface area contributed by atoms with Crippen LogP contribution in [0.1, 0.15) is 38.7 Å². The molecule has 0 spiro atoms. The lowest BCUT2D eigenvalue weighted by Crippen LogP contribution is -2.33.